The van der Waals surface area contributed by atoms with Crippen LogP contribution in [0.1, 0.15) is 44.5 Å². The molecule has 0 saturated carbocycles. The molecule has 24 rings (SSSR count). The van der Waals surface area contributed by atoms with Crippen molar-refractivity contribution in [2.45, 2.75) is 10.8 Å². The van der Waals surface area contributed by atoms with E-state index in [9.17, 15) is 0 Å². The number of furan rings is 1. The van der Waals surface area contributed by atoms with E-state index >= 15 is 0 Å². The average Bonchev–Trinajstić information content (AvgIpc) is 1.51. The Morgan fingerprint density at radius 2 is 0.554 bits per heavy atom. The molecule has 4 aliphatic carbocycles. The molecule has 0 bridgehead atoms. The molecule has 4 heterocycles. The van der Waals surface area contributed by atoms with Crippen molar-refractivity contribution in [1.29, 1.82) is 0 Å². The largest absolute Gasteiger partial charge is 0.456 e. The van der Waals surface area contributed by atoms with Crippen molar-refractivity contribution in [2.24, 2.45) is 0 Å². The molecule has 0 saturated heterocycles. The summed E-state index contributed by atoms with van der Waals surface area (Å²) < 4.78 is 9.12. The van der Waals surface area contributed by atoms with Crippen LogP contribution >= 0.6 is 11.3 Å². The fourth-order valence-electron chi connectivity index (χ4n) is 19.4. The van der Waals surface area contributed by atoms with Gasteiger partial charge in [0.05, 0.1) is 10.8 Å². The Labute approximate surface area is 648 Å². The first-order valence-corrected chi connectivity index (χ1v) is 38.9. The molecule has 112 heavy (non-hydrogen) atoms. The Balaban J connectivity index is 0.598. The van der Waals surface area contributed by atoms with E-state index in [-0.39, 0.29) is 0 Å². The van der Waals surface area contributed by atoms with Crippen molar-refractivity contribution in [1.82, 2.24) is 29.9 Å². The fourth-order valence-corrected chi connectivity index (χ4v) is 20.6. The van der Waals surface area contributed by atoms with Crippen molar-refractivity contribution in [3.05, 3.63) is 408 Å². The summed E-state index contributed by atoms with van der Waals surface area (Å²) in [7, 11) is 0. The second kappa shape index (κ2) is 24.0. The SMILES string of the molecule is c1ccc(-c2nc(-c3ccccc3)nc(-c3cccc4oc5ccc(-c6cccc7c6-c6ccccc6C76c7ccccc7-c7cc(-c8ccc(-c9nc(-c%10ccccc%10)nc(-c%10cccc%11sc%12ccc(-c%13cccc%14c%13-c%13ccccc%13C%14%13c%14ccccc%14-c%14ccccc%14%13)cc%12c%10%11)n9)cc8)ccc76)cc5c34)n2)cc1. The Bertz CT molecular complexity index is 7290. The van der Waals surface area contributed by atoms with Gasteiger partial charge in [-0.2, -0.15) is 0 Å². The normalized spacial score (nSPS) is 14.2. The molecule has 4 aliphatic rings. The van der Waals surface area contributed by atoms with Crippen molar-refractivity contribution in [3.8, 4) is 146 Å². The Morgan fingerprint density at radius 1 is 0.196 bits per heavy atom. The number of rotatable bonds is 9. The molecular formula is C104H60N6OS. The van der Waals surface area contributed by atoms with Gasteiger partial charge in [0, 0.05) is 64.3 Å². The molecule has 1 unspecified atom stereocenters. The van der Waals surface area contributed by atoms with Gasteiger partial charge in [-0.1, -0.05) is 322 Å². The van der Waals surface area contributed by atoms with Crippen LogP contribution in [0.15, 0.2) is 368 Å². The second-order valence-electron chi connectivity index (χ2n) is 29.7. The summed E-state index contributed by atoms with van der Waals surface area (Å²) in [6.45, 7) is 0. The van der Waals surface area contributed by atoms with E-state index in [1.165, 1.54) is 115 Å². The van der Waals surface area contributed by atoms with Gasteiger partial charge in [0.1, 0.15) is 11.2 Å². The number of hydrogen-bond acceptors (Lipinski definition) is 8. The third-order valence-corrected chi connectivity index (χ3v) is 25.2. The molecule has 4 aromatic heterocycles. The number of aromatic nitrogens is 6. The van der Waals surface area contributed by atoms with Crippen LogP contribution in [0.4, 0.5) is 0 Å². The van der Waals surface area contributed by atoms with E-state index in [2.05, 4.69) is 273 Å². The predicted molar refractivity (Wildman–Crippen MR) is 455 cm³/mol. The van der Waals surface area contributed by atoms with E-state index < -0.39 is 10.8 Å². The van der Waals surface area contributed by atoms with Gasteiger partial charge in [-0.15, -0.1) is 11.3 Å². The molecule has 0 N–H and O–H groups in total. The number of thiophene rings is 1. The van der Waals surface area contributed by atoms with Crippen LogP contribution in [0.5, 0.6) is 0 Å². The number of nitrogens with zero attached hydrogens (tertiary/aromatic N) is 6. The number of benzene rings is 16. The third-order valence-electron chi connectivity index (χ3n) is 24.1. The molecule has 2 spiro atoms. The summed E-state index contributed by atoms with van der Waals surface area (Å²) in [5, 5.41) is 4.25. The molecule has 518 valence electrons. The van der Waals surface area contributed by atoms with Crippen molar-refractivity contribution in [3.63, 3.8) is 0 Å². The lowest BCUT2D eigenvalue weighted by Gasteiger charge is -2.30. The summed E-state index contributed by atoms with van der Waals surface area (Å²) in [6.07, 6.45) is 0. The molecule has 0 aliphatic heterocycles. The first-order chi connectivity index (χ1) is 55.5. The predicted octanol–water partition coefficient (Wildman–Crippen LogP) is 26.0. The molecule has 0 fully saturated rings. The summed E-state index contributed by atoms with van der Waals surface area (Å²) in [5.74, 6) is 3.65. The van der Waals surface area contributed by atoms with Gasteiger partial charge in [0.2, 0.25) is 0 Å². The Kier molecular flexibility index (Phi) is 13.4. The lowest BCUT2D eigenvalue weighted by molar-refractivity contribution is 0.669. The van der Waals surface area contributed by atoms with Gasteiger partial charge in [0.15, 0.2) is 34.9 Å². The molecule has 20 aromatic rings. The Morgan fingerprint density at radius 3 is 1.08 bits per heavy atom. The lowest BCUT2D eigenvalue weighted by Crippen LogP contribution is -2.25. The van der Waals surface area contributed by atoms with E-state index in [0.717, 1.165) is 83.0 Å². The zero-order valence-electron chi connectivity index (χ0n) is 60.1. The van der Waals surface area contributed by atoms with Crippen LogP contribution in [-0.4, -0.2) is 29.9 Å². The van der Waals surface area contributed by atoms with Gasteiger partial charge >= 0.3 is 0 Å². The average molecular weight is 1440 g/mol. The minimum Gasteiger partial charge on any atom is -0.456 e. The Hall–Kier alpha value is -14.4. The molecule has 16 aromatic carbocycles. The first kappa shape index (κ1) is 62.6. The highest BCUT2D eigenvalue weighted by atomic mass is 32.1. The molecule has 7 nitrogen and oxygen atoms in total. The highest BCUT2D eigenvalue weighted by molar-refractivity contribution is 7.26. The van der Waals surface area contributed by atoms with Crippen molar-refractivity contribution >= 4 is 53.4 Å². The monoisotopic (exact) mass is 1440 g/mol. The molecule has 0 radical (unpaired) electrons. The lowest BCUT2D eigenvalue weighted by atomic mass is 9.70. The van der Waals surface area contributed by atoms with Gasteiger partial charge in [-0.3, -0.25) is 0 Å². The maximum Gasteiger partial charge on any atom is 0.164 e. The minimum absolute atomic E-state index is 0.437. The summed E-state index contributed by atoms with van der Waals surface area (Å²) in [4.78, 5) is 31.6. The third kappa shape index (κ3) is 8.92. The molecule has 0 amide bonds. The number of hydrogen-bond donors (Lipinski definition) is 0. The van der Waals surface area contributed by atoms with Crippen LogP contribution in [0.3, 0.4) is 0 Å². The van der Waals surface area contributed by atoms with Gasteiger partial charge in [-0.25, -0.2) is 29.9 Å². The van der Waals surface area contributed by atoms with Crippen molar-refractivity contribution < 1.29 is 4.42 Å². The van der Waals surface area contributed by atoms with Crippen molar-refractivity contribution in [2.75, 3.05) is 0 Å². The standard InChI is InChI=1S/C104H60N6OS/c1-4-24-62(25-5-1)97-105-98(63-26-6-2-7-27-63)108-101(107-97)76-37-22-46-90-95(76)79-59-67(53-56-89(79)111-90)69-35-20-45-88-93(69)75-34-14-19-43-85(75)104(88)83-41-17-12-32-73(83)78-58-66(52-55-86(78)104)61-48-50-65(51-49-61)100-106-99(64-28-8-3-9-29-64)109-102(110-100)77-38-23-47-92-96(77)80-60-68(54-57-91(80)112-92)70-36-21-44-87-94(70)74-33-13-18-42-84(74)103(87)81-39-15-10-30-71(81)72-31-11-16-40-82(72)103/h1-60H. The van der Waals surface area contributed by atoms with Crippen LogP contribution < -0.4 is 0 Å². The molecule has 8 heteroatoms. The van der Waals surface area contributed by atoms with E-state index in [0.29, 0.717) is 34.9 Å². The second-order valence-corrected chi connectivity index (χ2v) is 30.8. The highest BCUT2D eigenvalue weighted by Gasteiger charge is 2.54. The van der Waals surface area contributed by atoms with E-state index in [1.54, 1.807) is 0 Å². The topological polar surface area (TPSA) is 90.5 Å². The molecule has 1 atom stereocenters. The summed E-state index contributed by atoms with van der Waals surface area (Å²) in [6, 6.07) is 132. The number of fused-ring (bicyclic) bond motifs is 26. The smallest absolute Gasteiger partial charge is 0.164 e. The quantitative estimate of drug-likeness (QED) is 0.142. The van der Waals surface area contributed by atoms with Gasteiger partial charge in [-0.05, 0) is 165 Å². The zero-order chi connectivity index (χ0) is 73.3. The fraction of sp³-hybridized carbons (Fsp3) is 0.0192. The summed E-state index contributed by atoms with van der Waals surface area (Å²) >= 11 is 1.81. The van der Waals surface area contributed by atoms with Gasteiger partial charge < -0.3 is 4.42 Å². The minimum atomic E-state index is -0.591. The van der Waals surface area contributed by atoms with Crippen LogP contribution in [-0.2, 0) is 10.8 Å². The first-order valence-electron chi connectivity index (χ1n) is 38.1. The van der Waals surface area contributed by atoms with E-state index in [4.69, 9.17) is 34.3 Å². The van der Waals surface area contributed by atoms with E-state index in [1.807, 2.05) is 102 Å². The summed E-state index contributed by atoms with van der Waals surface area (Å²) in [5.41, 5.74) is 33.3. The maximum absolute atomic E-state index is 6.73. The van der Waals surface area contributed by atoms with Gasteiger partial charge in [0.25, 0.3) is 0 Å². The zero-order valence-corrected chi connectivity index (χ0v) is 61.0. The molecular weight excluding hydrogens is 1380 g/mol. The van der Waals surface area contributed by atoms with Crippen LogP contribution in [0, 0.1) is 0 Å². The van der Waals surface area contributed by atoms with Crippen LogP contribution in [0.25, 0.3) is 188 Å². The maximum atomic E-state index is 6.73. The van der Waals surface area contributed by atoms with Crippen LogP contribution in [0.2, 0.25) is 0 Å². The highest BCUT2D eigenvalue weighted by Crippen LogP contribution is 2.66.